The van der Waals surface area contributed by atoms with Crippen molar-refractivity contribution in [2.45, 2.75) is 19.4 Å². The second-order valence-corrected chi connectivity index (χ2v) is 8.43. The first-order valence-corrected chi connectivity index (χ1v) is 10.5. The number of carbonyl (C=O) groups excluding carboxylic acids is 2. The van der Waals surface area contributed by atoms with Crippen LogP contribution in [0.1, 0.15) is 24.9 Å². The molecule has 0 radical (unpaired) electrons. The van der Waals surface area contributed by atoms with Gasteiger partial charge in [-0.3, -0.25) is 9.59 Å². The van der Waals surface area contributed by atoms with E-state index in [1.54, 1.807) is 7.11 Å². The van der Waals surface area contributed by atoms with Gasteiger partial charge in [0.1, 0.15) is 11.7 Å². The lowest BCUT2D eigenvalue weighted by atomic mass is 9.75. The zero-order valence-corrected chi connectivity index (χ0v) is 18.6. The number of Topliss-reactive ketones (excluding diaryl/α,β-unsaturated/α-hetero) is 1. The molecular weight excluding hydrogens is 448 g/mol. The maximum absolute atomic E-state index is 13.6. The van der Waals surface area contributed by atoms with Gasteiger partial charge in [-0.25, -0.2) is 0 Å². The van der Waals surface area contributed by atoms with Crippen LogP contribution >= 0.6 is 15.9 Å². The summed E-state index contributed by atoms with van der Waals surface area (Å²) in [5.41, 5.74) is 4.08. The number of ketones is 1. The van der Waals surface area contributed by atoms with Crippen LogP contribution in [0.2, 0.25) is 0 Å². The summed E-state index contributed by atoms with van der Waals surface area (Å²) >= 11 is 3.54. The molecule has 2 aromatic carbocycles. The van der Waals surface area contributed by atoms with Gasteiger partial charge in [0.05, 0.1) is 36.1 Å². The van der Waals surface area contributed by atoms with E-state index < -0.39 is 17.9 Å². The number of para-hydroxylation sites is 2. The summed E-state index contributed by atoms with van der Waals surface area (Å²) in [4.78, 5) is 26.0. The van der Waals surface area contributed by atoms with Gasteiger partial charge in [0, 0.05) is 11.3 Å². The number of ether oxygens (including phenoxy) is 2. The van der Waals surface area contributed by atoms with E-state index in [9.17, 15) is 9.59 Å². The minimum atomic E-state index is -0.817. The highest BCUT2D eigenvalue weighted by molar-refractivity contribution is 9.10. The summed E-state index contributed by atoms with van der Waals surface area (Å²) in [6.45, 7) is 1.91. The lowest BCUT2D eigenvalue weighted by Crippen LogP contribution is -2.39. The number of anilines is 2. The standard InChI is InChI=1S/C23H23BrN2O4/c1-12-10-17-20(22(27)19(12)23(28)30-3)21(13-8-9-18(29-2)14(24)11-13)26-16-7-5-4-6-15(16)25-17/h4-9,11-12,19,21,25-26H,10H2,1-3H3/t12-,19+,21+/m0/s1. The number of rotatable bonds is 3. The van der Waals surface area contributed by atoms with Crippen molar-refractivity contribution in [3.05, 3.63) is 63.8 Å². The Morgan fingerprint density at radius 3 is 2.53 bits per heavy atom. The van der Waals surface area contributed by atoms with E-state index in [1.165, 1.54) is 7.11 Å². The lowest BCUT2D eigenvalue weighted by Gasteiger charge is -2.32. The monoisotopic (exact) mass is 470 g/mol. The Morgan fingerprint density at radius 1 is 1.13 bits per heavy atom. The Labute approximate surface area is 183 Å². The van der Waals surface area contributed by atoms with Gasteiger partial charge >= 0.3 is 5.97 Å². The van der Waals surface area contributed by atoms with Gasteiger partial charge in [-0.1, -0.05) is 25.1 Å². The normalized spacial score (nSPS) is 22.8. The van der Waals surface area contributed by atoms with E-state index in [0.29, 0.717) is 17.7 Å². The van der Waals surface area contributed by atoms with Crippen molar-refractivity contribution in [2.24, 2.45) is 11.8 Å². The van der Waals surface area contributed by atoms with Crippen molar-refractivity contribution in [2.75, 3.05) is 24.9 Å². The van der Waals surface area contributed by atoms with Crippen molar-refractivity contribution in [1.29, 1.82) is 0 Å². The van der Waals surface area contributed by atoms with E-state index in [4.69, 9.17) is 9.47 Å². The summed E-state index contributed by atoms with van der Waals surface area (Å²) < 4.78 is 11.1. The van der Waals surface area contributed by atoms with Gasteiger partial charge in [0.15, 0.2) is 5.78 Å². The third-order valence-corrected chi connectivity index (χ3v) is 6.35. The number of halogens is 1. The Bertz CT molecular complexity index is 1050. The maximum Gasteiger partial charge on any atom is 0.316 e. The highest BCUT2D eigenvalue weighted by Gasteiger charge is 2.44. The van der Waals surface area contributed by atoms with Gasteiger partial charge < -0.3 is 20.1 Å². The van der Waals surface area contributed by atoms with Crippen LogP contribution in [-0.4, -0.2) is 26.0 Å². The quantitative estimate of drug-likeness (QED) is 0.500. The molecule has 0 spiro atoms. The molecule has 156 valence electrons. The highest BCUT2D eigenvalue weighted by Crippen LogP contribution is 2.44. The molecule has 0 saturated heterocycles. The predicted molar refractivity (Wildman–Crippen MR) is 118 cm³/mol. The fourth-order valence-electron chi connectivity index (χ4n) is 4.25. The molecule has 0 bridgehead atoms. The lowest BCUT2D eigenvalue weighted by molar-refractivity contribution is -0.151. The number of hydrogen-bond acceptors (Lipinski definition) is 6. The van der Waals surface area contributed by atoms with Crippen LogP contribution in [0, 0.1) is 11.8 Å². The summed E-state index contributed by atoms with van der Waals surface area (Å²) in [5, 5.41) is 6.95. The van der Waals surface area contributed by atoms with Crippen molar-refractivity contribution in [3.8, 4) is 5.75 Å². The van der Waals surface area contributed by atoms with Gasteiger partial charge in [-0.15, -0.1) is 0 Å². The molecule has 2 aliphatic rings. The van der Waals surface area contributed by atoms with Crippen LogP contribution in [0.5, 0.6) is 5.75 Å². The third-order valence-electron chi connectivity index (χ3n) is 5.73. The minimum absolute atomic E-state index is 0.162. The van der Waals surface area contributed by atoms with Gasteiger partial charge in [-0.2, -0.15) is 0 Å². The van der Waals surface area contributed by atoms with E-state index >= 15 is 0 Å². The molecule has 0 aromatic heterocycles. The molecule has 0 saturated carbocycles. The van der Waals surface area contributed by atoms with Crippen LogP contribution < -0.4 is 15.4 Å². The minimum Gasteiger partial charge on any atom is -0.496 e. The van der Waals surface area contributed by atoms with E-state index in [-0.39, 0.29) is 11.7 Å². The average Bonchev–Trinajstić information content (AvgIpc) is 2.90. The topological polar surface area (TPSA) is 76.7 Å². The first-order chi connectivity index (χ1) is 14.4. The smallest absolute Gasteiger partial charge is 0.316 e. The Hall–Kier alpha value is -2.80. The van der Waals surface area contributed by atoms with Crippen LogP contribution in [-0.2, 0) is 14.3 Å². The molecule has 6 nitrogen and oxygen atoms in total. The molecule has 7 heteroatoms. The zero-order valence-electron chi connectivity index (χ0n) is 17.0. The maximum atomic E-state index is 13.6. The molecule has 2 aromatic rings. The molecule has 2 N–H and O–H groups in total. The van der Waals surface area contributed by atoms with Crippen molar-refractivity contribution < 1.29 is 19.1 Å². The summed E-state index contributed by atoms with van der Waals surface area (Å²) in [6.07, 6.45) is 0.574. The number of fused-ring (bicyclic) bond motifs is 1. The second kappa shape index (κ2) is 8.14. The van der Waals surface area contributed by atoms with Gasteiger partial charge in [0.25, 0.3) is 0 Å². The molecule has 30 heavy (non-hydrogen) atoms. The van der Waals surface area contributed by atoms with E-state index in [2.05, 4.69) is 26.6 Å². The number of nitrogens with one attached hydrogen (secondary N) is 2. The van der Waals surface area contributed by atoms with Crippen molar-refractivity contribution in [1.82, 2.24) is 0 Å². The Morgan fingerprint density at radius 2 is 1.87 bits per heavy atom. The first kappa shape index (κ1) is 20.5. The largest absolute Gasteiger partial charge is 0.496 e. The number of hydrogen-bond donors (Lipinski definition) is 2. The SMILES string of the molecule is COC(=O)[C@H]1C(=O)C2=C(C[C@@H]1C)Nc1ccccc1N[C@@H]2c1ccc(OC)c(Br)c1. The molecule has 0 fully saturated rings. The summed E-state index contributed by atoms with van der Waals surface area (Å²) in [6, 6.07) is 13.1. The molecule has 1 aliphatic heterocycles. The Kier molecular flexibility index (Phi) is 5.56. The van der Waals surface area contributed by atoms with Crippen molar-refractivity contribution >= 4 is 39.1 Å². The fourth-order valence-corrected chi connectivity index (χ4v) is 4.80. The fraction of sp³-hybridized carbons (Fsp3) is 0.304. The molecule has 0 unspecified atom stereocenters. The Balaban J connectivity index is 1.87. The number of carbonyl (C=O) groups is 2. The average molecular weight is 471 g/mol. The number of methoxy groups -OCH3 is 2. The molecule has 3 atom stereocenters. The second-order valence-electron chi connectivity index (χ2n) is 7.58. The van der Waals surface area contributed by atoms with Crippen LogP contribution in [0.15, 0.2) is 58.2 Å². The molecule has 1 aliphatic carbocycles. The number of allylic oxidation sites excluding steroid dienone is 1. The number of benzene rings is 2. The third kappa shape index (κ3) is 3.47. The zero-order chi connectivity index (χ0) is 21.4. The predicted octanol–water partition coefficient (Wildman–Crippen LogP) is 4.69. The molecular formula is C23H23BrN2O4. The molecule has 0 amide bonds. The van der Waals surface area contributed by atoms with Gasteiger partial charge in [0.2, 0.25) is 0 Å². The van der Waals surface area contributed by atoms with Crippen molar-refractivity contribution in [3.63, 3.8) is 0 Å². The molecule has 1 heterocycles. The van der Waals surface area contributed by atoms with Crippen LogP contribution in [0.25, 0.3) is 0 Å². The molecule has 4 rings (SSSR count). The number of esters is 1. The van der Waals surface area contributed by atoms with Crippen LogP contribution in [0.4, 0.5) is 11.4 Å². The van der Waals surface area contributed by atoms with Crippen LogP contribution in [0.3, 0.4) is 0 Å². The summed E-state index contributed by atoms with van der Waals surface area (Å²) in [5.74, 6) is -0.973. The summed E-state index contributed by atoms with van der Waals surface area (Å²) in [7, 11) is 2.93. The van der Waals surface area contributed by atoms with Gasteiger partial charge in [-0.05, 0) is 58.1 Å². The van der Waals surface area contributed by atoms with E-state index in [0.717, 1.165) is 27.1 Å². The van der Waals surface area contributed by atoms with E-state index in [1.807, 2.05) is 49.4 Å². The first-order valence-electron chi connectivity index (χ1n) is 9.75. The highest BCUT2D eigenvalue weighted by atomic mass is 79.9.